The SMILES string of the molecule is C=C(C)C(=O)O.C=C(C)C(=O)OC(F)(C(F)(F)F)C(F)(F)F. The Labute approximate surface area is 119 Å². The number of hydrogen-bond donors (Lipinski definition) is 1. The van der Waals surface area contributed by atoms with Gasteiger partial charge in [0.05, 0.1) is 0 Å². The minimum Gasteiger partial charge on any atom is -0.478 e. The Morgan fingerprint density at radius 3 is 1.27 bits per heavy atom. The predicted octanol–water partition coefficient (Wildman–Crippen LogP) is 3.54. The van der Waals surface area contributed by atoms with Crippen LogP contribution >= 0.6 is 0 Å². The van der Waals surface area contributed by atoms with E-state index in [9.17, 15) is 40.3 Å². The van der Waals surface area contributed by atoms with E-state index in [-0.39, 0.29) is 5.57 Å². The number of aliphatic carboxylic acids is 1. The summed E-state index contributed by atoms with van der Waals surface area (Å²) in [5, 5.41) is 7.89. The Balaban J connectivity index is 0. The summed E-state index contributed by atoms with van der Waals surface area (Å²) in [5.74, 6) is -9.09. The lowest BCUT2D eigenvalue weighted by atomic mass is 10.2. The standard InChI is InChI=1S/C7H5F7O2.C4H6O2/c1-3(2)4(15)16-5(8,6(9,10)11)7(12,13)14;1-3(2)4(5)6/h1H2,2H3;1H2,2H3,(H,5,6). The average Bonchev–Trinajstić information content (AvgIpc) is 2.26. The van der Waals surface area contributed by atoms with E-state index in [2.05, 4.69) is 17.9 Å². The van der Waals surface area contributed by atoms with Gasteiger partial charge in [-0.2, -0.15) is 30.7 Å². The Morgan fingerprint density at radius 2 is 1.14 bits per heavy atom. The highest BCUT2D eigenvalue weighted by Crippen LogP contribution is 2.47. The van der Waals surface area contributed by atoms with Crippen molar-refractivity contribution in [1.29, 1.82) is 0 Å². The smallest absolute Gasteiger partial charge is 0.470 e. The van der Waals surface area contributed by atoms with Gasteiger partial charge in [-0.3, -0.25) is 0 Å². The molecule has 11 heteroatoms. The number of carbonyl (C=O) groups excluding carboxylic acids is 1. The zero-order valence-electron chi connectivity index (χ0n) is 11.2. The van der Waals surface area contributed by atoms with Gasteiger partial charge in [-0.1, -0.05) is 13.2 Å². The molecule has 0 aliphatic rings. The van der Waals surface area contributed by atoms with Crippen molar-refractivity contribution in [3.05, 3.63) is 24.3 Å². The number of hydrogen-bond acceptors (Lipinski definition) is 3. The summed E-state index contributed by atoms with van der Waals surface area (Å²) in [6.07, 6.45) is -12.8. The van der Waals surface area contributed by atoms with Crippen LogP contribution in [0.4, 0.5) is 30.7 Å². The second-order valence-corrected chi connectivity index (χ2v) is 3.85. The molecule has 0 heterocycles. The maximum absolute atomic E-state index is 12.7. The monoisotopic (exact) mass is 340 g/mol. The average molecular weight is 340 g/mol. The molecule has 0 rings (SSSR count). The molecule has 0 radical (unpaired) electrons. The van der Waals surface area contributed by atoms with E-state index >= 15 is 0 Å². The number of rotatable bonds is 3. The molecule has 0 saturated carbocycles. The molecule has 0 aromatic carbocycles. The van der Waals surface area contributed by atoms with Crippen molar-refractivity contribution in [3.63, 3.8) is 0 Å². The molecule has 0 atom stereocenters. The highest BCUT2D eigenvalue weighted by Gasteiger charge is 2.76. The molecule has 0 aliphatic heterocycles. The van der Waals surface area contributed by atoms with E-state index in [0.717, 1.165) is 6.92 Å². The fraction of sp³-hybridized carbons (Fsp3) is 0.455. The molecule has 0 unspecified atom stereocenters. The highest BCUT2D eigenvalue weighted by molar-refractivity contribution is 5.87. The van der Waals surface area contributed by atoms with Gasteiger partial charge in [0.25, 0.3) is 0 Å². The second kappa shape index (κ2) is 7.27. The zero-order chi connectivity index (χ0) is 18.5. The van der Waals surface area contributed by atoms with Crippen LogP contribution in [-0.4, -0.2) is 35.3 Å². The number of alkyl halides is 7. The van der Waals surface area contributed by atoms with Gasteiger partial charge in [-0.05, 0) is 13.8 Å². The van der Waals surface area contributed by atoms with Gasteiger partial charge in [-0.25, -0.2) is 9.59 Å². The van der Waals surface area contributed by atoms with Gasteiger partial charge in [0, 0.05) is 11.1 Å². The van der Waals surface area contributed by atoms with Gasteiger partial charge in [0.2, 0.25) is 0 Å². The third-order valence-corrected chi connectivity index (χ3v) is 1.68. The molecule has 4 nitrogen and oxygen atoms in total. The quantitative estimate of drug-likeness (QED) is 0.485. The number of ether oxygens (including phenoxy) is 1. The minimum absolute atomic E-state index is 0.176. The number of carbonyl (C=O) groups is 2. The van der Waals surface area contributed by atoms with Crippen LogP contribution in [0.2, 0.25) is 0 Å². The molecule has 0 fully saturated rings. The summed E-state index contributed by atoms with van der Waals surface area (Å²) in [5.41, 5.74) is -0.620. The van der Waals surface area contributed by atoms with Crippen LogP contribution in [-0.2, 0) is 14.3 Å². The Bertz CT molecular complexity index is 436. The van der Waals surface area contributed by atoms with E-state index < -0.39 is 35.7 Å². The molecule has 0 aromatic rings. The first kappa shape index (κ1) is 22.2. The van der Waals surface area contributed by atoms with Crippen LogP contribution in [0.25, 0.3) is 0 Å². The number of carboxylic acid groups (broad SMARTS) is 1. The molecule has 0 saturated heterocycles. The summed E-state index contributed by atoms with van der Waals surface area (Å²) < 4.78 is 86.4. The third kappa shape index (κ3) is 6.14. The van der Waals surface area contributed by atoms with Crippen molar-refractivity contribution in [2.75, 3.05) is 0 Å². The minimum atomic E-state index is -6.42. The molecule has 22 heavy (non-hydrogen) atoms. The molecule has 1 N–H and O–H groups in total. The van der Waals surface area contributed by atoms with Crippen LogP contribution in [0.1, 0.15) is 13.8 Å². The Morgan fingerprint density at radius 1 is 0.864 bits per heavy atom. The van der Waals surface area contributed by atoms with E-state index in [1.54, 1.807) is 0 Å². The van der Waals surface area contributed by atoms with Crippen molar-refractivity contribution in [2.45, 2.75) is 32.1 Å². The lowest BCUT2D eigenvalue weighted by Gasteiger charge is -2.28. The van der Waals surface area contributed by atoms with E-state index in [0.29, 0.717) is 0 Å². The van der Waals surface area contributed by atoms with Crippen molar-refractivity contribution >= 4 is 11.9 Å². The fourth-order valence-corrected chi connectivity index (χ4v) is 0.491. The topological polar surface area (TPSA) is 63.6 Å². The Kier molecular flexibility index (Phi) is 7.34. The second-order valence-electron chi connectivity index (χ2n) is 3.85. The lowest BCUT2D eigenvalue weighted by molar-refractivity contribution is -0.416. The maximum atomic E-state index is 12.7. The van der Waals surface area contributed by atoms with Crippen LogP contribution in [0.5, 0.6) is 0 Å². The summed E-state index contributed by atoms with van der Waals surface area (Å²) in [4.78, 5) is 20.1. The lowest BCUT2D eigenvalue weighted by Crippen LogP contribution is -2.56. The Hall–Kier alpha value is -2.07. The summed E-state index contributed by atoms with van der Waals surface area (Å²) in [7, 11) is 0. The molecule has 0 aliphatic carbocycles. The molecule has 0 aromatic heterocycles. The number of carboxylic acids is 1. The predicted molar refractivity (Wildman–Crippen MR) is 59.3 cm³/mol. The maximum Gasteiger partial charge on any atom is 0.470 e. The number of halogens is 7. The van der Waals surface area contributed by atoms with Gasteiger partial charge in [0.1, 0.15) is 0 Å². The molecule has 0 bridgehead atoms. The third-order valence-electron chi connectivity index (χ3n) is 1.68. The van der Waals surface area contributed by atoms with Crippen LogP contribution in [0.3, 0.4) is 0 Å². The molecule has 0 amide bonds. The molecular weight excluding hydrogens is 329 g/mol. The molecule has 0 spiro atoms. The largest absolute Gasteiger partial charge is 0.478 e. The van der Waals surface area contributed by atoms with Crippen LogP contribution in [0.15, 0.2) is 24.3 Å². The summed E-state index contributed by atoms with van der Waals surface area (Å²) in [6, 6.07) is 0. The van der Waals surface area contributed by atoms with Crippen molar-refractivity contribution in [1.82, 2.24) is 0 Å². The zero-order valence-corrected chi connectivity index (χ0v) is 11.2. The first-order valence-corrected chi connectivity index (χ1v) is 5.07. The first-order valence-electron chi connectivity index (χ1n) is 5.07. The fourth-order valence-electron chi connectivity index (χ4n) is 0.491. The summed E-state index contributed by atoms with van der Waals surface area (Å²) >= 11 is 0. The van der Waals surface area contributed by atoms with Gasteiger partial charge in [-0.15, -0.1) is 0 Å². The van der Waals surface area contributed by atoms with E-state index in [1.807, 2.05) is 0 Å². The van der Waals surface area contributed by atoms with Gasteiger partial charge < -0.3 is 9.84 Å². The van der Waals surface area contributed by atoms with E-state index in [1.165, 1.54) is 6.92 Å². The van der Waals surface area contributed by atoms with Gasteiger partial charge in [0.15, 0.2) is 0 Å². The normalized spacial score (nSPS) is 11.9. The van der Waals surface area contributed by atoms with E-state index in [4.69, 9.17) is 5.11 Å². The van der Waals surface area contributed by atoms with Crippen molar-refractivity contribution < 1.29 is 50.2 Å². The highest BCUT2D eigenvalue weighted by atomic mass is 19.4. The van der Waals surface area contributed by atoms with Crippen molar-refractivity contribution in [2.24, 2.45) is 0 Å². The van der Waals surface area contributed by atoms with Crippen molar-refractivity contribution in [3.8, 4) is 0 Å². The number of esters is 1. The summed E-state index contributed by atoms with van der Waals surface area (Å²) in [6.45, 7) is 8.10. The van der Waals surface area contributed by atoms with Crippen LogP contribution < -0.4 is 0 Å². The van der Waals surface area contributed by atoms with Gasteiger partial charge >= 0.3 is 30.1 Å². The first-order chi connectivity index (χ1) is 9.47. The van der Waals surface area contributed by atoms with Crippen LogP contribution in [0, 0.1) is 0 Å². The molecular formula is C11H11F7O4. The molecule has 128 valence electrons.